The molecule has 1 aromatic carbocycles. The van der Waals surface area contributed by atoms with Gasteiger partial charge in [0.15, 0.2) is 0 Å². The number of hydrogen-bond acceptors (Lipinski definition) is 5. The van der Waals surface area contributed by atoms with Gasteiger partial charge in [0.1, 0.15) is 23.7 Å². The fourth-order valence-electron chi connectivity index (χ4n) is 2.76. The zero-order valence-corrected chi connectivity index (χ0v) is 13.0. The summed E-state index contributed by atoms with van der Waals surface area (Å²) >= 11 is 0. The lowest BCUT2D eigenvalue weighted by Gasteiger charge is -2.23. The van der Waals surface area contributed by atoms with E-state index >= 15 is 0 Å². The van der Waals surface area contributed by atoms with Gasteiger partial charge in [-0.2, -0.15) is 0 Å². The van der Waals surface area contributed by atoms with Crippen LogP contribution >= 0.6 is 0 Å². The van der Waals surface area contributed by atoms with Crippen molar-refractivity contribution in [3.63, 3.8) is 0 Å². The minimum atomic E-state index is -0.476. The fourth-order valence-corrected chi connectivity index (χ4v) is 2.76. The number of amides is 1. The number of carbonyl (C=O) groups excluding carboxylic acids is 1. The molecule has 6 nitrogen and oxygen atoms in total. The summed E-state index contributed by atoms with van der Waals surface area (Å²) in [5.74, 6) is 1.32. The van der Waals surface area contributed by atoms with Gasteiger partial charge < -0.3 is 24.8 Å². The fraction of sp³-hybridized carbons (Fsp3) is 0.562. The van der Waals surface area contributed by atoms with Gasteiger partial charge in [0, 0.05) is 31.1 Å². The van der Waals surface area contributed by atoms with E-state index < -0.39 is 6.10 Å². The van der Waals surface area contributed by atoms with E-state index in [2.05, 4.69) is 10.6 Å². The van der Waals surface area contributed by atoms with E-state index in [1.54, 1.807) is 0 Å². The summed E-state index contributed by atoms with van der Waals surface area (Å²) in [5.41, 5.74) is 1.75. The Hall–Kier alpha value is -1.79. The molecule has 22 heavy (non-hydrogen) atoms. The molecule has 0 aliphatic carbocycles. The van der Waals surface area contributed by atoms with Crippen molar-refractivity contribution in [1.29, 1.82) is 0 Å². The molecule has 1 amide bonds. The lowest BCUT2D eigenvalue weighted by atomic mass is 10.1. The van der Waals surface area contributed by atoms with Gasteiger partial charge in [0.05, 0.1) is 18.9 Å². The number of benzene rings is 1. The quantitative estimate of drug-likeness (QED) is 0.878. The third-order valence-corrected chi connectivity index (χ3v) is 3.78. The summed E-state index contributed by atoms with van der Waals surface area (Å²) < 4.78 is 16.9. The molecule has 2 heterocycles. The number of anilines is 1. The second-order valence-electron chi connectivity index (χ2n) is 5.57. The highest BCUT2D eigenvalue weighted by Crippen LogP contribution is 2.38. The highest BCUT2D eigenvalue weighted by molar-refractivity contribution is 5.96. The summed E-state index contributed by atoms with van der Waals surface area (Å²) in [6.45, 7) is 6.33. The number of rotatable bonds is 4. The van der Waals surface area contributed by atoms with Crippen molar-refractivity contribution in [2.45, 2.75) is 32.5 Å². The maximum atomic E-state index is 12.3. The van der Waals surface area contributed by atoms with Crippen LogP contribution in [0.1, 0.15) is 19.4 Å². The molecule has 2 atom stereocenters. The first kappa shape index (κ1) is 15.1. The van der Waals surface area contributed by atoms with Crippen molar-refractivity contribution < 1.29 is 19.0 Å². The van der Waals surface area contributed by atoms with Crippen LogP contribution in [0.25, 0.3) is 0 Å². The predicted octanol–water partition coefficient (Wildman–Crippen LogP) is 1.34. The number of carbonyl (C=O) groups is 1. The molecular formula is C16H22N2O4. The summed E-state index contributed by atoms with van der Waals surface area (Å²) in [6.07, 6.45) is 0.539. The monoisotopic (exact) mass is 306 g/mol. The van der Waals surface area contributed by atoms with Gasteiger partial charge in [0.2, 0.25) is 0 Å². The van der Waals surface area contributed by atoms with E-state index in [9.17, 15) is 4.79 Å². The standard InChI is InChI=1S/C16H22N2O4/c1-3-20-14-7-11-6-10(2)22-13(11)8-12(14)18-16(19)15-9-17-4-5-21-15/h7-8,10,15,17H,3-6,9H2,1-2H3,(H,18,19). The van der Waals surface area contributed by atoms with Gasteiger partial charge in [-0.1, -0.05) is 0 Å². The molecule has 6 heteroatoms. The molecule has 2 aliphatic heterocycles. The Labute approximate surface area is 130 Å². The molecule has 2 aliphatic rings. The number of hydrogen-bond donors (Lipinski definition) is 2. The lowest BCUT2D eigenvalue weighted by Crippen LogP contribution is -2.45. The van der Waals surface area contributed by atoms with Gasteiger partial charge in [-0.3, -0.25) is 4.79 Å². The maximum Gasteiger partial charge on any atom is 0.254 e. The Morgan fingerprint density at radius 2 is 2.36 bits per heavy atom. The average molecular weight is 306 g/mol. The van der Waals surface area contributed by atoms with Gasteiger partial charge >= 0.3 is 0 Å². The van der Waals surface area contributed by atoms with Gasteiger partial charge in [0.25, 0.3) is 5.91 Å². The molecule has 0 radical (unpaired) electrons. The zero-order valence-electron chi connectivity index (χ0n) is 13.0. The molecule has 1 saturated heterocycles. The molecule has 120 valence electrons. The Bertz CT molecular complexity index is 555. The molecule has 0 spiro atoms. The van der Waals surface area contributed by atoms with Crippen LogP contribution in [0.4, 0.5) is 5.69 Å². The number of morpholine rings is 1. The number of fused-ring (bicyclic) bond motifs is 1. The lowest BCUT2D eigenvalue weighted by molar-refractivity contribution is -0.128. The molecule has 0 aromatic heterocycles. The van der Waals surface area contributed by atoms with Crippen LogP contribution in [0.2, 0.25) is 0 Å². The SMILES string of the molecule is CCOc1cc2c(cc1NC(=O)C1CNCCO1)OC(C)C2. The zero-order chi connectivity index (χ0) is 15.5. The van der Waals surface area contributed by atoms with Crippen molar-refractivity contribution in [1.82, 2.24) is 5.32 Å². The van der Waals surface area contributed by atoms with Gasteiger partial charge in [-0.25, -0.2) is 0 Å². The van der Waals surface area contributed by atoms with Crippen molar-refractivity contribution in [2.75, 3.05) is 31.6 Å². The summed E-state index contributed by atoms with van der Waals surface area (Å²) in [4.78, 5) is 12.3. The van der Waals surface area contributed by atoms with Crippen LogP contribution in [0, 0.1) is 0 Å². The minimum Gasteiger partial charge on any atom is -0.492 e. The van der Waals surface area contributed by atoms with Crippen LogP contribution in [-0.2, 0) is 16.0 Å². The highest BCUT2D eigenvalue weighted by Gasteiger charge is 2.25. The van der Waals surface area contributed by atoms with Crippen LogP contribution in [0.15, 0.2) is 12.1 Å². The molecule has 1 aromatic rings. The molecule has 2 N–H and O–H groups in total. The minimum absolute atomic E-state index is 0.154. The first-order valence-electron chi connectivity index (χ1n) is 7.77. The average Bonchev–Trinajstić information content (AvgIpc) is 2.87. The molecule has 3 rings (SSSR count). The normalized spacial score (nSPS) is 23.5. The summed E-state index contributed by atoms with van der Waals surface area (Å²) in [6, 6.07) is 3.80. The van der Waals surface area contributed by atoms with Gasteiger partial charge in [-0.15, -0.1) is 0 Å². The van der Waals surface area contributed by atoms with E-state index in [1.165, 1.54) is 0 Å². The summed E-state index contributed by atoms with van der Waals surface area (Å²) in [7, 11) is 0. The Morgan fingerprint density at radius 3 is 3.09 bits per heavy atom. The number of nitrogens with one attached hydrogen (secondary N) is 2. The Balaban J connectivity index is 1.79. The molecule has 2 unspecified atom stereocenters. The third kappa shape index (κ3) is 3.18. The van der Waals surface area contributed by atoms with Crippen molar-refractivity contribution in [3.8, 4) is 11.5 Å². The Morgan fingerprint density at radius 1 is 1.50 bits per heavy atom. The molecule has 1 fully saturated rings. The van der Waals surface area contributed by atoms with E-state index in [0.717, 1.165) is 24.3 Å². The summed E-state index contributed by atoms with van der Waals surface area (Å²) in [5, 5.41) is 6.05. The van der Waals surface area contributed by atoms with E-state index in [4.69, 9.17) is 14.2 Å². The van der Waals surface area contributed by atoms with Crippen LogP contribution in [0.5, 0.6) is 11.5 Å². The second kappa shape index (κ2) is 6.54. The van der Waals surface area contributed by atoms with Crippen molar-refractivity contribution in [3.05, 3.63) is 17.7 Å². The van der Waals surface area contributed by atoms with Crippen molar-refractivity contribution >= 4 is 11.6 Å². The number of ether oxygens (including phenoxy) is 3. The molecular weight excluding hydrogens is 284 g/mol. The maximum absolute atomic E-state index is 12.3. The highest BCUT2D eigenvalue weighted by atomic mass is 16.5. The third-order valence-electron chi connectivity index (χ3n) is 3.78. The largest absolute Gasteiger partial charge is 0.492 e. The smallest absolute Gasteiger partial charge is 0.254 e. The molecule has 0 bridgehead atoms. The Kier molecular flexibility index (Phi) is 4.49. The molecule has 0 saturated carbocycles. The first-order valence-corrected chi connectivity index (χ1v) is 7.77. The predicted molar refractivity (Wildman–Crippen MR) is 82.6 cm³/mol. The van der Waals surface area contributed by atoms with E-state index in [0.29, 0.717) is 31.2 Å². The first-order chi connectivity index (χ1) is 10.7. The van der Waals surface area contributed by atoms with Crippen LogP contribution < -0.4 is 20.1 Å². The van der Waals surface area contributed by atoms with Crippen LogP contribution in [0.3, 0.4) is 0 Å². The van der Waals surface area contributed by atoms with Crippen molar-refractivity contribution in [2.24, 2.45) is 0 Å². The van der Waals surface area contributed by atoms with E-state index in [1.807, 2.05) is 26.0 Å². The van der Waals surface area contributed by atoms with E-state index in [-0.39, 0.29) is 12.0 Å². The van der Waals surface area contributed by atoms with Gasteiger partial charge in [-0.05, 0) is 19.9 Å². The topological polar surface area (TPSA) is 68.8 Å². The van der Waals surface area contributed by atoms with Crippen LogP contribution in [-0.4, -0.2) is 44.4 Å². The second-order valence-corrected chi connectivity index (χ2v) is 5.57.